The summed E-state index contributed by atoms with van der Waals surface area (Å²) in [6, 6.07) is 26.6. The molecule has 0 bridgehead atoms. The van der Waals surface area contributed by atoms with Crippen LogP contribution in [0.2, 0.25) is 0 Å². The van der Waals surface area contributed by atoms with E-state index in [4.69, 9.17) is 4.84 Å². The number of pyridine rings is 1. The first-order valence-electron chi connectivity index (χ1n) is 11.8. The average Bonchev–Trinajstić information content (AvgIpc) is 3.30. The Morgan fingerprint density at radius 1 is 1.00 bits per heavy atom. The Kier molecular flexibility index (Phi) is 6.71. The summed E-state index contributed by atoms with van der Waals surface area (Å²) >= 11 is 0. The summed E-state index contributed by atoms with van der Waals surface area (Å²) in [6.45, 7) is 0.326. The van der Waals surface area contributed by atoms with Gasteiger partial charge in [-0.05, 0) is 47.5 Å². The molecule has 1 aliphatic heterocycles. The van der Waals surface area contributed by atoms with E-state index in [1.807, 2.05) is 84.9 Å². The molecule has 3 aromatic carbocycles. The highest BCUT2D eigenvalue weighted by Gasteiger charge is 2.35. The van der Waals surface area contributed by atoms with Gasteiger partial charge < -0.3 is 15.1 Å². The zero-order valence-electron chi connectivity index (χ0n) is 19.9. The van der Waals surface area contributed by atoms with Crippen LogP contribution < -0.4 is 5.32 Å². The van der Waals surface area contributed by atoms with E-state index >= 15 is 0 Å². The number of fused-ring (bicyclic) bond motifs is 1. The highest BCUT2D eigenvalue weighted by molar-refractivity contribution is 6.02. The Morgan fingerprint density at radius 3 is 2.56 bits per heavy atom. The molecule has 7 heteroatoms. The fourth-order valence-corrected chi connectivity index (χ4v) is 4.57. The second-order valence-electron chi connectivity index (χ2n) is 8.74. The molecule has 5 rings (SSSR count). The maximum atomic E-state index is 13.4. The van der Waals surface area contributed by atoms with Gasteiger partial charge in [-0.25, -0.2) is 0 Å². The number of anilines is 1. The minimum atomic E-state index is -0.317. The smallest absolute Gasteiger partial charge is 0.254 e. The number of oxime groups is 1. The summed E-state index contributed by atoms with van der Waals surface area (Å²) in [4.78, 5) is 37.3. The molecule has 0 aliphatic carbocycles. The number of nitrogens with zero attached hydrogens (tertiary/aromatic N) is 3. The maximum absolute atomic E-state index is 13.4. The van der Waals surface area contributed by atoms with Gasteiger partial charge in [-0.3, -0.25) is 14.6 Å². The van der Waals surface area contributed by atoms with Crippen molar-refractivity contribution in [1.29, 1.82) is 0 Å². The van der Waals surface area contributed by atoms with E-state index in [1.54, 1.807) is 11.1 Å². The van der Waals surface area contributed by atoms with Gasteiger partial charge in [-0.1, -0.05) is 53.7 Å². The van der Waals surface area contributed by atoms with Crippen LogP contribution in [-0.4, -0.2) is 47.1 Å². The van der Waals surface area contributed by atoms with Gasteiger partial charge in [0.1, 0.15) is 7.11 Å². The van der Waals surface area contributed by atoms with Crippen molar-refractivity contribution in [2.75, 3.05) is 19.0 Å². The van der Waals surface area contributed by atoms with E-state index in [2.05, 4.69) is 15.5 Å². The summed E-state index contributed by atoms with van der Waals surface area (Å²) < 4.78 is 0. The first-order valence-corrected chi connectivity index (χ1v) is 11.8. The van der Waals surface area contributed by atoms with Gasteiger partial charge in [-0.2, -0.15) is 0 Å². The van der Waals surface area contributed by atoms with Gasteiger partial charge in [0, 0.05) is 41.7 Å². The van der Waals surface area contributed by atoms with Gasteiger partial charge in [0.2, 0.25) is 5.91 Å². The molecular weight excluding hydrogens is 452 g/mol. The Morgan fingerprint density at radius 2 is 1.78 bits per heavy atom. The number of hydrogen-bond acceptors (Lipinski definition) is 5. The summed E-state index contributed by atoms with van der Waals surface area (Å²) in [6.07, 6.45) is 2.37. The van der Waals surface area contributed by atoms with Crippen LogP contribution in [-0.2, 0) is 9.63 Å². The van der Waals surface area contributed by atoms with E-state index in [1.165, 1.54) is 7.11 Å². The highest BCUT2D eigenvalue weighted by Crippen LogP contribution is 2.25. The standard InChI is InChI=1S/C29H26N4O3/c1-36-32-25-17-26(18-28(34)31-24-13-14-27-23(16-24)8-5-15-30-27)33(19-25)29(35)22-11-9-21(10-12-22)20-6-3-2-4-7-20/h2-16,26H,17-19H2,1H3,(H,31,34)/t26-/m0/s1. The van der Waals surface area contributed by atoms with E-state index in [0.29, 0.717) is 24.2 Å². The number of carbonyl (C=O) groups excluding carboxylic acids is 2. The number of aromatic nitrogens is 1. The molecule has 4 aromatic rings. The number of carbonyl (C=O) groups is 2. The average molecular weight is 479 g/mol. The molecule has 7 nitrogen and oxygen atoms in total. The molecular formula is C29H26N4O3. The molecule has 1 N–H and O–H groups in total. The minimum Gasteiger partial charge on any atom is -0.399 e. The van der Waals surface area contributed by atoms with Gasteiger partial charge >= 0.3 is 0 Å². The monoisotopic (exact) mass is 478 g/mol. The predicted octanol–water partition coefficient (Wildman–Crippen LogP) is 5.15. The van der Waals surface area contributed by atoms with Crippen molar-refractivity contribution in [1.82, 2.24) is 9.88 Å². The number of likely N-dealkylation sites (tertiary alicyclic amines) is 1. The van der Waals surface area contributed by atoms with Crippen molar-refractivity contribution in [3.8, 4) is 11.1 Å². The number of amides is 2. The van der Waals surface area contributed by atoms with E-state index in [-0.39, 0.29) is 24.3 Å². The zero-order valence-corrected chi connectivity index (χ0v) is 19.9. The number of hydrogen-bond donors (Lipinski definition) is 1. The van der Waals surface area contributed by atoms with Crippen LogP contribution in [0, 0.1) is 0 Å². The molecule has 36 heavy (non-hydrogen) atoms. The Balaban J connectivity index is 1.31. The molecule has 1 fully saturated rings. The van der Waals surface area contributed by atoms with Crippen LogP contribution in [0.1, 0.15) is 23.2 Å². The Bertz CT molecular complexity index is 1420. The lowest BCUT2D eigenvalue weighted by molar-refractivity contribution is -0.117. The fourth-order valence-electron chi connectivity index (χ4n) is 4.57. The van der Waals surface area contributed by atoms with E-state index < -0.39 is 0 Å². The van der Waals surface area contributed by atoms with Crippen LogP contribution in [0.25, 0.3) is 22.0 Å². The van der Waals surface area contributed by atoms with Crippen molar-refractivity contribution in [2.24, 2.45) is 5.16 Å². The Hall–Kier alpha value is -4.52. The SMILES string of the molecule is CON=C1C[C@@H](CC(=O)Nc2ccc3ncccc3c2)N(C(=O)c2ccc(-c3ccccc3)cc2)C1. The van der Waals surface area contributed by atoms with Crippen LogP contribution in [0.3, 0.4) is 0 Å². The normalized spacial score (nSPS) is 16.3. The number of benzene rings is 3. The molecule has 1 aliphatic rings. The van der Waals surface area contributed by atoms with Gasteiger partial charge in [-0.15, -0.1) is 0 Å². The third kappa shape index (κ3) is 5.10. The maximum Gasteiger partial charge on any atom is 0.254 e. The lowest BCUT2D eigenvalue weighted by atomic mass is 10.0. The lowest BCUT2D eigenvalue weighted by Gasteiger charge is -2.24. The molecule has 0 saturated carbocycles. The second-order valence-corrected chi connectivity index (χ2v) is 8.74. The van der Waals surface area contributed by atoms with Crippen molar-refractivity contribution < 1.29 is 14.4 Å². The molecule has 0 radical (unpaired) electrons. The molecule has 2 heterocycles. The molecule has 0 spiro atoms. The molecule has 2 amide bonds. The van der Waals surface area contributed by atoms with E-state index in [0.717, 1.165) is 27.7 Å². The topological polar surface area (TPSA) is 83.9 Å². The van der Waals surface area contributed by atoms with Crippen LogP contribution in [0.15, 0.2) is 96.3 Å². The first-order chi connectivity index (χ1) is 17.6. The van der Waals surface area contributed by atoms with Crippen LogP contribution >= 0.6 is 0 Å². The Labute approximate surface area is 209 Å². The third-order valence-electron chi connectivity index (χ3n) is 6.29. The molecule has 1 atom stereocenters. The summed E-state index contributed by atoms with van der Waals surface area (Å²) in [7, 11) is 1.48. The summed E-state index contributed by atoms with van der Waals surface area (Å²) in [5.74, 6) is -0.301. The van der Waals surface area contributed by atoms with Crippen molar-refractivity contribution >= 4 is 34.1 Å². The fraction of sp³-hybridized carbons (Fsp3) is 0.172. The summed E-state index contributed by atoms with van der Waals surface area (Å²) in [5, 5.41) is 7.97. The highest BCUT2D eigenvalue weighted by atomic mass is 16.6. The number of nitrogens with one attached hydrogen (secondary N) is 1. The minimum absolute atomic E-state index is 0.134. The van der Waals surface area contributed by atoms with Gasteiger partial charge in [0.15, 0.2) is 0 Å². The quantitative estimate of drug-likeness (QED) is 0.389. The van der Waals surface area contributed by atoms with Gasteiger partial charge in [0.25, 0.3) is 5.91 Å². The van der Waals surface area contributed by atoms with Crippen LogP contribution in [0.5, 0.6) is 0 Å². The van der Waals surface area contributed by atoms with Crippen molar-refractivity contribution in [2.45, 2.75) is 18.9 Å². The zero-order chi connectivity index (χ0) is 24.9. The van der Waals surface area contributed by atoms with E-state index in [9.17, 15) is 9.59 Å². The van der Waals surface area contributed by atoms with Gasteiger partial charge in [0.05, 0.1) is 17.8 Å². The molecule has 180 valence electrons. The lowest BCUT2D eigenvalue weighted by Crippen LogP contribution is -2.38. The summed E-state index contributed by atoms with van der Waals surface area (Å²) in [5.41, 5.74) is 4.99. The molecule has 1 aromatic heterocycles. The van der Waals surface area contributed by atoms with Crippen LogP contribution in [0.4, 0.5) is 5.69 Å². The van der Waals surface area contributed by atoms with Crippen molar-refractivity contribution in [3.63, 3.8) is 0 Å². The predicted molar refractivity (Wildman–Crippen MR) is 141 cm³/mol. The second kappa shape index (κ2) is 10.4. The number of rotatable bonds is 6. The molecule has 0 unspecified atom stereocenters. The largest absolute Gasteiger partial charge is 0.399 e. The molecule has 1 saturated heterocycles. The first kappa shape index (κ1) is 23.2. The third-order valence-corrected chi connectivity index (χ3v) is 6.29. The van der Waals surface area contributed by atoms with Crippen molar-refractivity contribution in [3.05, 3.63) is 96.7 Å².